The first kappa shape index (κ1) is 14.4. The summed E-state index contributed by atoms with van der Waals surface area (Å²) in [5.41, 5.74) is 10.4. The normalized spacial score (nSPS) is 22.6. The third-order valence-corrected chi connectivity index (χ3v) is 4.72. The molecular formula is C17H28N2. The number of benzene rings is 1. The third kappa shape index (κ3) is 2.94. The molecule has 19 heavy (non-hydrogen) atoms. The van der Waals surface area contributed by atoms with Crippen molar-refractivity contribution in [1.29, 1.82) is 0 Å². The molecule has 106 valence electrons. The van der Waals surface area contributed by atoms with Crippen LogP contribution < -0.4 is 10.6 Å². The van der Waals surface area contributed by atoms with Crippen LogP contribution in [0.5, 0.6) is 0 Å². The van der Waals surface area contributed by atoms with E-state index in [0.29, 0.717) is 5.41 Å². The van der Waals surface area contributed by atoms with Crippen LogP contribution in [-0.2, 0) is 0 Å². The summed E-state index contributed by atoms with van der Waals surface area (Å²) in [6, 6.07) is 6.60. The minimum absolute atomic E-state index is 0.354. The van der Waals surface area contributed by atoms with Crippen LogP contribution in [0.15, 0.2) is 18.2 Å². The molecule has 1 aromatic rings. The van der Waals surface area contributed by atoms with Gasteiger partial charge in [-0.3, -0.25) is 0 Å². The Labute approximate surface area is 118 Å². The van der Waals surface area contributed by atoms with E-state index in [1.165, 1.54) is 29.8 Å². The first-order chi connectivity index (χ1) is 8.95. The Morgan fingerprint density at radius 3 is 2.42 bits per heavy atom. The number of rotatable bonds is 3. The van der Waals surface area contributed by atoms with Crippen LogP contribution in [0, 0.1) is 25.2 Å². The molecule has 1 unspecified atom stereocenters. The van der Waals surface area contributed by atoms with Crippen molar-refractivity contribution >= 4 is 5.69 Å². The summed E-state index contributed by atoms with van der Waals surface area (Å²) in [5, 5.41) is 0. The molecule has 2 heteroatoms. The number of piperidine rings is 1. The van der Waals surface area contributed by atoms with Crippen molar-refractivity contribution in [3.05, 3.63) is 29.3 Å². The van der Waals surface area contributed by atoms with Crippen molar-refractivity contribution in [2.24, 2.45) is 17.1 Å². The second-order valence-electron chi connectivity index (χ2n) is 6.71. The summed E-state index contributed by atoms with van der Waals surface area (Å²) in [4.78, 5) is 2.58. The smallest absolute Gasteiger partial charge is 0.0425 e. The van der Waals surface area contributed by atoms with E-state index in [4.69, 9.17) is 5.73 Å². The molecule has 1 atom stereocenters. The van der Waals surface area contributed by atoms with Gasteiger partial charge in [-0.05, 0) is 55.7 Å². The van der Waals surface area contributed by atoms with E-state index in [0.717, 1.165) is 25.4 Å². The number of para-hydroxylation sites is 1. The Bertz CT molecular complexity index is 417. The van der Waals surface area contributed by atoms with Crippen LogP contribution in [0.1, 0.15) is 37.8 Å². The number of hydrogen-bond acceptors (Lipinski definition) is 2. The molecule has 1 aliphatic heterocycles. The first-order valence-corrected chi connectivity index (χ1v) is 7.47. The quantitative estimate of drug-likeness (QED) is 0.901. The fourth-order valence-electron chi connectivity index (χ4n) is 3.63. The van der Waals surface area contributed by atoms with Crippen LogP contribution in [-0.4, -0.2) is 19.6 Å². The number of anilines is 1. The van der Waals surface area contributed by atoms with Gasteiger partial charge in [-0.15, -0.1) is 0 Å². The van der Waals surface area contributed by atoms with Crippen molar-refractivity contribution in [2.45, 2.75) is 40.5 Å². The van der Waals surface area contributed by atoms with Gasteiger partial charge in [0.2, 0.25) is 0 Å². The largest absolute Gasteiger partial charge is 0.371 e. The average Bonchev–Trinajstić information content (AvgIpc) is 2.32. The number of nitrogens with zero attached hydrogens (tertiary/aromatic N) is 1. The van der Waals surface area contributed by atoms with Crippen LogP contribution in [0.25, 0.3) is 0 Å². The zero-order valence-corrected chi connectivity index (χ0v) is 12.9. The van der Waals surface area contributed by atoms with Crippen molar-refractivity contribution < 1.29 is 0 Å². The van der Waals surface area contributed by atoms with Gasteiger partial charge in [0.1, 0.15) is 0 Å². The van der Waals surface area contributed by atoms with E-state index in [1.807, 2.05) is 0 Å². The van der Waals surface area contributed by atoms with Gasteiger partial charge in [-0.1, -0.05) is 32.0 Å². The topological polar surface area (TPSA) is 29.3 Å². The van der Waals surface area contributed by atoms with Crippen LogP contribution in [0.3, 0.4) is 0 Å². The molecule has 1 heterocycles. The molecule has 1 fully saturated rings. The minimum Gasteiger partial charge on any atom is -0.371 e. The van der Waals surface area contributed by atoms with Gasteiger partial charge >= 0.3 is 0 Å². The van der Waals surface area contributed by atoms with Gasteiger partial charge in [-0.2, -0.15) is 0 Å². The molecule has 2 nitrogen and oxygen atoms in total. The fraction of sp³-hybridized carbons (Fsp3) is 0.647. The molecule has 1 saturated heterocycles. The lowest BCUT2D eigenvalue weighted by molar-refractivity contribution is 0.167. The molecule has 0 radical (unpaired) electrons. The summed E-state index contributed by atoms with van der Waals surface area (Å²) in [6.45, 7) is 12.4. The molecule has 0 saturated carbocycles. The van der Waals surface area contributed by atoms with E-state index in [9.17, 15) is 0 Å². The molecule has 0 aliphatic carbocycles. The summed E-state index contributed by atoms with van der Waals surface area (Å²) < 4.78 is 0. The molecule has 2 N–H and O–H groups in total. The van der Waals surface area contributed by atoms with Gasteiger partial charge in [-0.25, -0.2) is 0 Å². The standard InChI is InChI=1S/C17H28N2/c1-13-6-5-7-14(2)16(13)19-11-9-15(8-10-18)17(3,4)12-19/h5-7,15H,8-12,18H2,1-4H3. The number of aryl methyl sites for hydroxylation is 2. The number of nitrogens with two attached hydrogens (primary N) is 1. The van der Waals surface area contributed by atoms with Crippen LogP contribution in [0.2, 0.25) is 0 Å². The zero-order chi connectivity index (χ0) is 14.0. The van der Waals surface area contributed by atoms with Gasteiger partial charge in [0.05, 0.1) is 0 Å². The fourth-order valence-corrected chi connectivity index (χ4v) is 3.63. The van der Waals surface area contributed by atoms with E-state index in [1.54, 1.807) is 0 Å². The highest BCUT2D eigenvalue weighted by molar-refractivity contribution is 5.59. The van der Waals surface area contributed by atoms with E-state index >= 15 is 0 Å². The molecule has 0 amide bonds. The third-order valence-electron chi connectivity index (χ3n) is 4.72. The van der Waals surface area contributed by atoms with Gasteiger partial charge in [0, 0.05) is 18.8 Å². The summed E-state index contributed by atoms with van der Waals surface area (Å²) >= 11 is 0. The van der Waals surface area contributed by atoms with E-state index in [-0.39, 0.29) is 0 Å². The van der Waals surface area contributed by atoms with Crippen LogP contribution >= 0.6 is 0 Å². The van der Waals surface area contributed by atoms with E-state index in [2.05, 4.69) is 50.8 Å². The molecule has 0 spiro atoms. The first-order valence-electron chi connectivity index (χ1n) is 7.47. The zero-order valence-electron chi connectivity index (χ0n) is 12.9. The summed E-state index contributed by atoms with van der Waals surface area (Å²) in [5.74, 6) is 0.762. The van der Waals surface area contributed by atoms with Crippen molar-refractivity contribution in [3.63, 3.8) is 0 Å². The Morgan fingerprint density at radius 2 is 1.89 bits per heavy atom. The monoisotopic (exact) mass is 260 g/mol. The molecular weight excluding hydrogens is 232 g/mol. The molecule has 1 aliphatic rings. The molecule has 0 aromatic heterocycles. The lowest BCUT2D eigenvalue weighted by Crippen LogP contribution is -2.46. The number of hydrogen-bond donors (Lipinski definition) is 1. The Hall–Kier alpha value is -1.02. The van der Waals surface area contributed by atoms with Gasteiger partial charge in [0.25, 0.3) is 0 Å². The maximum Gasteiger partial charge on any atom is 0.0425 e. The van der Waals surface area contributed by atoms with Crippen molar-refractivity contribution in [1.82, 2.24) is 0 Å². The Kier molecular flexibility index (Phi) is 4.19. The second kappa shape index (κ2) is 5.54. The summed E-state index contributed by atoms with van der Waals surface area (Å²) in [7, 11) is 0. The Morgan fingerprint density at radius 1 is 1.26 bits per heavy atom. The maximum atomic E-state index is 5.76. The highest BCUT2D eigenvalue weighted by Gasteiger charge is 2.35. The van der Waals surface area contributed by atoms with Crippen LogP contribution in [0.4, 0.5) is 5.69 Å². The van der Waals surface area contributed by atoms with E-state index < -0.39 is 0 Å². The molecule has 2 rings (SSSR count). The van der Waals surface area contributed by atoms with Gasteiger partial charge in [0.15, 0.2) is 0 Å². The van der Waals surface area contributed by atoms with Crippen molar-refractivity contribution in [2.75, 3.05) is 24.5 Å². The predicted octanol–water partition coefficient (Wildman–Crippen LogP) is 3.50. The highest BCUT2D eigenvalue weighted by atomic mass is 15.1. The van der Waals surface area contributed by atoms with Gasteiger partial charge < -0.3 is 10.6 Å². The minimum atomic E-state index is 0.354. The SMILES string of the molecule is Cc1cccc(C)c1N1CCC(CCN)C(C)(C)C1. The van der Waals surface area contributed by atoms with Crippen molar-refractivity contribution in [3.8, 4) is 0 Å². The molecule has 0 bridgehead atoms. The summed E-state index contributed by atoms with van der Waals surface area (Å²) in [6.07, 6.45) is 2.42. The maximum absolute atomic E-state index is 5.76. The highest BCUT2D eigenvalue weighted by Crippen LogP contribution is 2.39. The Balaban J connectivity index is 2.21. The second-order valence-corrected chi connectivity index (χ2v) is 6.71. The predicted molar refractivity (Wildman–Crippen MR) is 83.7 cm³/mol. The average molecular weight is 260 g/mol. The lowest BCUT2D eigenvalue weighted by atomic mass is 9.72. The lowest BCUT2D eigenvalue weighted by Gasteiger charge is -2.46. The molecule has 1 aromatic carbocycles.